The van der Waals surface area contributed by atoms with Crippen molar-refractivity contribution >= 4 is 13.3 Å². The number of benzene rings is 1. The van der Waals surface area contributed by atoms with Gasteiger partial charge in [-0.25, -0.2) is 0 Å². The minimum absolute atomic E-state index is 0.298. The molecule has 0 bridgehead atoms. The van der Waals surface area contributed by atoms with E-state index in [2.05, 4.69) is 0 Å². The van der Waals surface area contributed by atoms with Crippen molar-refractivity contribution in [3.8, 4) is 5.75 Å². The minimum Gasteiger partial charge on any atom is -0.492 e. The van der Waals surface area contributed by atoms with Crippen molar-refractivity contribution in [3.05, 3.63) is 23.8 Å². The maximum atomic E-state index is 10.8. The second kappa shape index (κ2) is 4.66. The number of anilines is 1. The van der Waals surface area contributed by atoms with E-state index in [-0.39, 0.29) is 6.16 Å². The number of nitrogen functional groups attached to an aromatic ring is 1. The standard InChI is InChI=1S/C9H14NO4P/c1-2-14-9-5-7(3-4-8(9)10)6-15(11,12)13/h3-5H,2,6,10H2,1H3,(H2,11,12,13). The predicted octanol–water partition coefficient (Wildman–Crippen LogP) is 1.35. The molecule has 0 aliphatic heterocycles. The summed E-state index contributed by atoms with van der Waals surface area (Å²) in [7, 11) is -4.04. The van der Waals surface area contributed by atoms with E-state index >= 15 is 0 Å². The summed E-state index contributed by atoms with van der Waals surface area (Å²) in [6, 6.07) is 4.71. The molecule has 0 amide bonds. The largest absolute Gasteiger partial charge is 0.492 e. The van der Waals surface area contributed by atoms with Crippen molar-refractivity contribution in [2.45, 2.75) is 13.1 Å². The van der Waals surface area contributed by atoms with Crippen LogP contribution >= 0.6 is 7.60 Å². The molecule has 0 saturated heterocycles. The highest BCUT2D eigenvalue weighted by atomic mass is 31.2. The molecule has 0 fully saturated rings. The number of hydrogen-bond acceptors (Lipinski definition) is 3. The van der Waals surface area contributed by atoms with Gasteiger partial charge in [0.1, 0.15) is 5.75 Å². The maximum absolute atomic E-state index is 10.8. The van der Waals surface area contributed by atoms with Crippen LogP contribution < -0.4 is 10.5 Å². The van der Waals surface area contributed by atoms with E-state index in [0.29, 0.717) is 23.6 Å². The average molecular weight is 231 g/mol. The highest BCUT2D eigenvalue weighted by Crippen LogP contribution is 2.40. The van der Waals surface area contributed by atoms with Crippen LogP contribution in [0.4, 0.5) is 5.69 Å². The van der Waals surface area contributed by atoms with Crippen LogP contribution in [0.3, 0.4) is 0 Å². The van der Waals surface area contributed by atoms with Crippen LogP contribution in [0.5, 0.6) is 5.75 Å². The normalized spacial score (nSPS) is 11.4. The number of rotatable bonds is 4. The molecule has 0 atom stereocenters. The SMILES string of the molecule is CCOc1cc(CP(=O)(O)O)ccc1N. The van der Waals surface area contributed by atoms with E-state index < -0.39 is 7.60 Å². The molecular formula is C9H14NO4P. The van der Waals surface area contributed by atoms with Crippen molar-refractivity contribution in [2.75, 3.05) is 12.3 Å². The molecule has 0 heterocycles. The van der Waals surface area contributed by atoms with Crippen LogP contribution in [0.1, 0.15) is 12.5 Å². The van der Waals surface area contributed by atoms with Crippen LogP contribution in [0, 0.1) is 0 Å². The van der Waals surface area contributed by atoms with Crippen LogP contribution in [-0.2, 0) is 10.7 Å². The molecule has 0 saturated carbocycles. The fraction of sp³-hybridized carbons (Fsp3) is 0.333. The lowest BCUT2D eigenvalue weighted by molar-refractivity contribution is 0.341. The quantitative estimate of drug-likeness (QED) is 0.537. The Morgan fingerprint density at radius 3 is 2.67 bits per heavy atom. The third kappa shape index (κ3) is 3.91. The Kier molecular flexibility index (Phi) is 3.74. The molecule has 6 heteroatoms. The predicted molar refractivity (Wildman–Crippen MR) is 57.8 cm³/mol. The van der Waals surface area contributed by atoms with Gasteiger partial charge in [-0.05, 0) is 24.6 Å². The van der Waals surface area contributed by atoms with E-state index in [9.17, 15) is 4.57 Å². The summed E-state index contributed by atoms with van der Waals surface area (Å²) in [5.41, 5.74) is 6.60. The number of ether oxygens (including phenoxy) is 1. The molecule has 0 aliphatic rings. The Morgan fingerprint density at radius 2 is 2.13 bits per heavy atom. The Bertz CT molecular complexity index is 388. The molecule has 0 radical (unpaired) electrons. The van der Waals surface area contributed by atoms with E-state index in [1.165, 1.54) is 0 Å². The van der Waals surface area contributed by atoms with Gasteiger partial charge in [0.05, 0.1) is 18.5 Å². The molecule has 15 heavy (non-hydrogen) atoms. The second-order valence-corrected chi connectivity index (χ2v) is 4.77. The summed E-state index contributed by atoms with van der Waals surface area (Å²) >= 11 is 0. The number of nitrogens with two attached hydrogens (primary N) is 1. The van der Waals surface area contributed by atoms with E-state index in [0.717, 1.165) is 0 Å². The smallest absolute Gasteiger partial charge is 0.329 e. The lowest BCUT2D eigenvalue weighted by atomic mass is 10.2. The lowest BCUT2D eigenvalue weighted by Crippen LogP contribution is -1.98. The zero-order valence-corrected chi connectivity index (χ0v) is 9.28. The summed E-state index contributed by atoms with van der Waals surface area (Å²) in [6.07, 6.45) is -0.298. The van der Waals surface area contributed by atoms with Crippen molar-refractivity contribution in [3.63, 3.8) is 0 Å². The summed E-state index contributed by atoms with van der Waals surface area (Å²) in [6.45, 7) is 2.28. The van der Waals surface area contributed by atoms with Gasteiger partial charge in [0.15, 0.2) is 0 Å². The van der Waals surface area contributed by atoms with Crippen molar-refractivity contribution < 1.29 is 19.1 Å². The molecule has 0 unspecified atom stereocenters. The fourth-order valence-corrected chi connectivity index (χ4v) is 1.87. The Hall–Kier alpha value is -1.03. The van der Waals surface area contributed by atoms with E-state index in [1.807, 2.05) is 6.92 Å². The topological polar surface area (TPSA) is 92.8 Å². The van der Waals surface area contributed by atoms with Crippen LogP contribution in [0.2, 0.25) is 0 Å². The summed E-state index contributed by atoms with van der Waals surface area (Å²) in [5.74, 6) is 0.462. The number of hydrogen-bond donors (Lipinski definition) is 3. The average Bonchev–Trinajstić information content (AvgIpc) is 2.09. The fourth-order valence-electron chi connectivity index (χ4n) is 1.20. The first-order valence-electron chi connectivity index (χ1n) is 4.48. The van der Waals surface area contributed by atoms with Crippen LogP contribution in [-0.4, -0.2) is 16.4 Å². The van der Waals surface area contributed by atoms with E-state index in [4.69, 9.17) is 20.3 Å². The molecular weight excluding hydrogens is 217 g/mol. The Labute approximate surface area is 88.0 Å². The second-order valence-electron chi connectivity index (χ2n) is 3.13. The summed E-state index contributed by atoms with van der Waals surface area (Å²) in [5, 5.41) is 0. The summed E-state index contributed by atoms with van der Waals surface area (Å²) in [4.78, 5) is 17.6. The molecule has 1 aromatic carbocycles. The molecule has 1 rings (SSSR count). The first kappa shape index (κ1) is 12.0. The van der Waals surface area contributed by atoms with Gasteiger partial charge in [-0.15, -0.1) is 0 Å². The van der Waals surface area contributed by atoms with Gasteiger partial charge >= 0.3 is 7.60 Å². The third-order valence-electron chi connectivity index (χ3n) is 1.77. The van der Waals surface area contributed by atoms with Gasteiger partial charge in [-0.1, -0.05) is 6.07 Å². The lowest BCUT2D eigenvalue weighted by Gasteiger charge is -2.09. The van der Waals surface area contributed by atoms with Gasteiger partial charge in [0, 0.05) is 0 Å². The van der Waals surface area contributed by atoms with Crippen LogP contribution in [0.15, 0.2) is 18.2 Å². The first-order chi connectivity index (χ1) is 6.92. The van der Waals surface area contributed by atoms with Crippen molar-refractivity contribution in [1.82, 2.24) is 0 Å². The van der Waals surface area contributed by atoms with Crippen molar-refractivity contribution in [1.29, 1.82) is 0 Å². The molecule has 0 aliphatic carbocycles. The zero-order chi connectivity index (χ0) is 11.5. The van der Waals surface area contributed by atoms with E-state index in [1.54, 1.807) is 18.2 Å². The van der Waals surface area contributed by atoms with Crippen LogP contribution in [0.25, 0.3) is 0 Å². The van der Waals surface area contributed by atoms with Gasteiger partial charge in [-0.2, -0.15) is 0 Å². The zero-order valence-electron chi connectivity index (χ0n) is 8.38. The molecule has 5 nitrogen and oxygen atoms in total. The molecule has 4 N–H and O–H groups in total. The Morgan fingerprint density at radius 1 is 1.47 bits per heavy atom. The minimum atomic E-state index is -4.04. The highest BCUT2D eigenvalue weighted by molar-refractivity contribution is 7.50. The van der Waals surface area contributed by atoms with Gasteiger partial charge in [0.2, 0.25) is 0 Å². The van der Waals surface area contributed by atoms with Gasteiger partial charge in [-0.3, -0.25) is 4.57 Å². The Balaban J connectivity index is 2.92. The molecule has 1 aromatic rings. The van der Waals surface area contributed by atoms with Gasteiger partial charge < -0.3 is 20.3 Å². The van der Waals surface area contributed by atoms with Gasteiger partial charge in [0.25, 0.3) is 0 Å². The molecule has 0 aromatic heterocycles. The summed E-state index contributed by atoms with van der Waals surface area (Å²) < 4.78 is 16.0. The molecule has 0 spiro atoms. The van der Waals surface area contributed by atoms with Crippen molar-refractivity contribution in [2.24, 2.45) is 0 Å². The molecule has 84 valence electrons. The maximum Gasteiger partial charge on any atom is 0.329 e. The third-order valence-corrected chi connectivity index (χ3v) is 2.54. The highest BCUT2D eigenvalue weighted by Gasteiger charge is 2.14. The first-order valence-corrected chi connectivity index (χ1v) is 6.28. The monoisotopic (exact) mass is 231 g/mol.